The van der Waals surface area contributed by atoms with E-state index < -0.39 is 12.1 Å². The van der Waals surface area contributed by atoms with Crippen LogP contribution in [0.4, 0.5) is 0 Å². The van der Waals surface area contributed by atoms with E-state index in [0.29, 0.717) is 6.42 Å². The number of aliphatic hydroxyl groups is 2. The molecule has 0 aliphatic rings. The van der Waals surface area contributed by atoms with Gasteiger partial charge in [0.1, 0.15) is 0 Å². The lowest BCUT2D eigenvalue weighted by atomic mass is 10.1. The largest absolute Gasteiger partial charge is 0.394 e. The highest BCUT2D eigenvalue weighted by Gasteiger charge is 2.17. The van der Waals surface area contributed by atoms with Crippen molar-refractivity contribution in [1.29, 1.82) is 0 Å². The molecule has 0 rings (SSSR count). The average Bonchev–Trinajstić information content (AvgIpc) is 2.86. The zero-order valence-electron chi connectivity index (χ0n) is 23.1. The minimum atomic E-state index is -0.834. The third-order valence-electron chi connectivity index (χ3n) is 6.37. The summed E-state index contributed by atoms with van der Waals surface area (Å²) in [6.45, 7) is 4.12. The van der Waals surface area contributed by atoms with Crippen molar-refractivity contribution in [2.45, 2.75) is 148 Å². The molecule has 0 aliphatic carbocycles. The third-order valence-corrected chi connectivity index (χ3v) is 6.37. The molecule has 2 unspecified atom stereocenters. The molecule has 0 radical (unpaired) electrons. The van der Waals surface area contributed by atoms with Crippen molar-refractivity contribution in [2.24, 2.45) is 0 Å². The summed E-state index contributed by atoms with van der Waals surface area (Å²) in [5, 5.41) is 22.4. The first kappa shape index (κ1) is 33.6. The zero-order valence-corrected chi connectivity index (χ0v) is 23.1. The van der Waals surface area contributed by atoms with E-state index in [9.17, 15) is 15.0 Å². The van der Waals surface area contributed by atoms with Gasteiger partial charge in [0.25, 0.3) is 0 Å². The minimum absolute atomic E-state index is 0.0814. The molecule has 0 fully saturated rings. The van der Waals surface area contributed by atoms with E-state index in [1.807, 2.05) is 6.08 Å². The van der Waals surface area contributed by atoms with Crippen molar-refractivity contribution in [3.8, 4) is 0 Å². The highest BCUT2D eigenvalue weighted by atomic mass is 16.3. The number of amides is 1. The molecular formula is C31H57NO3. The van der Waals surface area contributed by atoms with Gasteiger partial charge in [-0.25, -0.2) is 0 Å². The van der Waals surface area contributed by atoms with Crippen molar-refractivity contribution in [3.05, 3.63) is 36.5 Å². The van der Waals surface area contributed by atoms with E-state index in [-0.39, 0.29) is 12.5 Å². The standard InChI is InChI=1S/C31H57NO3/c1-3-5-7-9-10-11-12-13-14-15-16-17-18-19-20-21-22-23-25-27-31(35)32-29(28-33)30(34)26-24-8-6-4-2/h10-11,13-14,24,26,29-30,33-34H,3-9,12,15-23,25,27-28H2,1-2H3,(H,32,35)/b11-10-,14-13-,26-24+. The smallest absolute Gasteiger partial charge is 0.220 e. The summed E-state index contributed by atoms with van der Waals surface area (Å²) in [6, 6.07) is -0.618. The predicted octanol–water partition coefficient (Wildman–Crippen LogP) is 7.94. The minimum Gasteiger partial charge on any atom is -0.394 e. The highest BCUT2D eigenvalue weighted by molar-refractivity contribution is 5.76. The Morgan fingerprint density at radius 2 is 1.20 bits per heavy atom. The molecule has 0 bridgehead atoms. The van der Waals surface area contributed by atoms with Gasteiger partial charge in [-0.15, -0.1) is 0 Å². The normalized spacial score (nSPS) is 13.8. The van der Waals surface area contributed by atoms with Crippen molar-refractivity contribution in [1.82, 2.24) is 5.32 Å². The molecule has 35 heavy (non-hydrogen) atoms. The molecular weight excluding hydrogens is 434 g/mol. The van der Waals surface area contributed by atoms with Gasteiger partial charge in [0.05, 0.1) is 18.8 Å². The average molecular weight is 492 g/mol. The molecule has 0 aliphatic heterocycles. The molecule has 4 nitrogen and oxygen atoms in total. The molecule has 0 aromatic rings. The van der Waals surface area contributed by atoms with Crippen molar-refractivity contribution < 1.29 is 15.0 Å². The van der Waals surface area contributed by atoms with Gasteiger partial charge in [-0.2, -0.15) is 0 Å². The maximum atomic E-state index is 12.1. The molecule has 204 valence electrons. The molecule has 1 amide bonds. The number of carbonyl (C=O) groups is 1. The van der Waals surface area contributed by atoms with Crippen LogP contribution in [0.1, 0.15) is 136 Å². The summed E-state index contributed by atoms with van der Waals surface area (Å²) in [4.78, 5) is 12.1. The van der Waals surface area contributed by atoms with Crippen LogP contribution < -0.4 is 5.32 Å². The summed E-state index contributed by atoms with van der Waals surface area (Å²) in [5.74, 6) is -0.0814. The summed E-state index contributed by atoms with van der Waals surface area (Å²) >= 11 is 0. The second kappa shape index (κ2) is 27.2. The number of rotatable bonds is 25. The quantitative estimate of drug-likeness (QED) is 0.0896. The number of allylic oxidation sites excluding steroid dienone is 5. The number of nitrogens with one attached hydrogen (secondary N) is 1. The Morgan fingerprint density at radius 3 is 1.77 bits per heavy atom. The Balaban J connectivity index is 3.54. The van der Waals surface area contributed by atoms with Crippen LogP contribution in [-0.2, 0) is 4.79 Å². The van der Waals surface area contributed by atoms with Gasteiger partial charge in [0.2, 0.25) is 5.91 Å². The van der Waals surface area contributed by atoms with Gasteiger partial charge in [-0.1, -0.05) is 121 Å². The summed E-state index contributed by atoms with van der Waals surface area (Å²) in [6.07, 6.45) is 33.9. The Bertz CT molecular complexity index is 541. The number of unbranched alkanes of at least 4 members (excludes halogenated alkanes) is 14. The van der Waals surface area contributed by atoms with Crippen LogP contribution in [0.5, 0.6) is 0 Å². The van der Waals surface area contributed by atoms with E-state index in [1.165, 1.54) is 77.0 Å². The van der Waals surface area contributed by atoms with E-state index in [2.05, 4.69) is 43.5 Å². The second-order valence-corrected chi connectivity index (χ2v) is 9.81. The van der Waals surface area contributed by atoms with E-state index in [1.54, 1.807) is 6.08 Å². The fourth-order valence-corrected chi connectivity index (χ4v) is 4.01. The first-order valence-corrected chi connectivity index (χ1v) is 14.7. The lowest BCUT2D eigenvalue weighted by molar-refractivity contribution is -0.123. The highest BCUT2D eigenvalue weighted by Crippen LogP contribution is 2.12. The number of carbonyl (C=O) groups excluding carboxylic acids is 1. The van der Waals surface area contributed by atoms with E-state index in [0.717, 1.165) is 38.5 Å². The van der Waals surface area contributed by atoms with Crippen LogP contribution in [0.2, 0.25) is 0 Å². The maximum absolute atomic E-state index is 12.1. The second-order valence-electron chi connectivity index (χ2n) is 9.81. The van der Waals surface area contributed by atoms with Crippen LogP contribution >= 0.6 is 0 Å². The van der Waals surface area contributed by atoms with Crippen molar-refractivity contribution >= 4 is 5.91 Å². The van der Waals surface area contributed by atoms with E-state index in [4.69, 9.17) is 0 Å². The van der Waals surface area contributed by atoms with Crippen molar-refractivity contribution in [3.63, 3.8) is 0 Å². The molecule has 3 N–H and O–H groups in total. The van der Waals surface area contributed by atoms with E-state index >= 15 is 0 Å². The van der Waals surface area contributed by atoms with Crippen LogP contribution in [0.15, 0.2) is 36.5 Å². The van der Waals surface area contributed by atoms with Crippen LogP contribution in [-0.4, -0.2) is 34.9 Å². The molecule has 0 aromatic heterocycles. The molecule has 0 spiro atoms. The number of hydrogen-bond acceptors (Lipinski definition) is 3. The molecule has 0 saturated carbocycles. The Morgan fingerprint density at radius 1 is 0.686 bits per heavy atom. The molecule has 0 saturated heterocycles. The fraction of sp³-hybridized carbons (Fsp3) is 0.774. The molecule has 0 aromatic carbocycles. The lowest BCUT2D eigenvalue weighted by Crippen LogP contribution is -2.45. The third kappa shape index (κ3) is 24.1. The summed E-state index contributed by atoms with van der Waals surface area (Å²) in [7, 11) is 0. The summed E-state index contributed by atoms with van der Waals surface area (Å²) in [5.41, 5.74) is 0. The van der Waals surface area contributed by atoms with Crippen LogP contribution in [0.25, 0.3) is 0 Å². The van der Waals surface area contributed by atoms with Gasteiger partial charge in [-0.05, 0) is 44.9 Å². The van der Waals surface area contributed by atoms with Gasteiger partial charge < -0.3 is 15.5 Å². The zero-order chi connectivity index (χ0) is 25.8. The van der Waals surface area contributed by atoms with Gasteiger partial charge in [-0.3, -0.25) is 4.79 Å². The Kier molecular flexibility index (Phi) is 26.1. The van der Waals surface area contributed by atoms with Gasteiger partial charge >= 0.3 is 0 Å². The van der Waals surface area contributed by atoms with Crippen LogP contribution in [0, 0.1) is 0 Å². The molecule has 0 heterocycles. The Hall–Kier alpha value is -1.39. The maximum Gasteiger partial charge on any atom is 0.220 e. The number of aliphatic hydroxyl groups excluding tert-OH is 2. The first-order valence-electron chi connectivity index (χ1n) is 14.7. The number of hydrogen-bond donors (Lipinski definition) is 3. The van der Waals surface area contributed by atoms with Gasteiger partial charge in [0, 0.05) is 6.42 Å². The molecule has 2 atom stereocenters. The SMILES string of the molecule is CCCC/C=C/C(O)C(CO)NC(=O)CCCCCCCCCCC/C=C\C/C=C\CCCCC. The lowest BCUT2D eigenvalue weighted by Gasteiger charge is -2.19. The van der Waals surface area contributed by atoms with Crippen molar-refractivity contribution in [2.75, 3.05) is 6.61 Å². The topological polar surface area (TPSA) is 69.6 Å². The summed E-state index contributed by atoms with van der Waals surface area (Å²) < 4.78 is 0. The monoisotopic (exact) mass is 491 g/mol. The first-order chi connectivity index (χ1) is 17.2. The van der Waals surface area contributed by atoms with Gasteiger partial charge in [0.15, 0.2) is 0 Å². The Labute approximate surface area is 217 Å². The van der Waals surface area contributed by atoms with Crippen LogP contribution in [0.3, 0.4) is 0 Å². The molecule has 4 heteroatoms. The fourth-order valence-electron chi connectivity index (χ4n) is 4.01. The predicted molar refractivity (Wildman–Crippen MR) is 152 cm³/mol.